The summed E-state index contributed by atoms with van der Waals surface area (Å²) in [5, 5.41) is 11.9. The zero-order valence-electron chi connectivity index (χ0n) is 14.7. The van der Waals surface area contributed by atoms with Crippen LogP contribution in [-0.2, 0) is 6.54 Å². The fourth-order valence-corrected chi connectivity index (χ4v) is 3.10. The van der Waals surface area contributed by atoms with E-state index in [2.05, 4.69) is 20.7 Å². The van der Waals surface area contributed by atoms with E-state index in [0.29, 0.717) is 33.4 Å². The molecule has 0 aliphatic heterocycles. The van der Waals surface area contributed by atoms with Crippen molar-refractivity contribution in [3.05, 3.63) is 63.9 Å². The molecule has 6 nitrogen and oxygen atoms in total. The number of hydrogen-bond acceptors (Lipinski definition) is 4. The monoisotopic (exact) mass is 421 g/mol. The van der Waals surface area contributed by atoms with Crippen molar-refractivity contribution in [2.45, 2.75) is 13.5 Å². The molecule has 0 aliphatic carbocycles. The van der Waals surface area contributed by atoms with Crippen LogP contribution in [0.5, 0.6) is 5.75 Å². The molecule has 0 amide bonds. The number of rotatable bonds is 5. The van der Waals surface area contributed by atoms with E-state index in [-0.39, 0.29) is 0 Å². The van der Waals surface area contributed by atoms with Gasteiger partial charge in [-0.25, -0.2) is 9.67 Å². The van der Waals surface area contributed by atoms with Crippen molar-refractivity contribution in [1.29, 1.82) is 0 Å². The Bertz CT molecular complexity index is 976. The number of ether oxygens (including phenoxy) is 1. The van der Waals surface area contributed by atoms with Crippen molar-refractivity contribution in [1.82, 2.24) is 14.8 Å². The third-order valence-corrected chi connectivity index (χ3v) is 4.50. The molecule has 1 aromatic heterocycles. The smallest absolute Gasteiger partial charge is 0.248 e. The summed E-state index contributed by atoms with van der Waals surface area (Å²) in [4.78, 5) is 4.21. The maximum absolute atomic E-state index is 6.20. The minimum Gasteiger partial charge on any atom is -0.495 e. The van der Waals surface area contributed by atoms with E-state index in [9.17, 15) is 0 Å². The fraction of sp³-hybridized carbons (Fsp3) is 0.167. The molecule has 0 saturated heterocycles. The highest BCUT2D eigenvalue weighted by atomic mass is 35.5. The summed E-state index contributed by atoms with van der Waals surface area (Å²) in [7, 11) is 1.61. The van der Waals surface area contributed by atoms with Crippen molar-refractivity contribution in [3.8, 4) is 5.75 Å². The van der Waals surface area contributed by atoms with Crippen LogP contribution in [0.4, 0.5) is 11.6 Å². The molecule has 0 spiro atoms. The van der Waals surface area contributed by atoms with Crippen LogP contribution in [-0.4, -0.2) is 27.0 Å². The Kier molecular flexibility index (Phi) is 6.15. The molecule has 140 valence electrons. The van der Waals surface area contributed by atoms with Gasteiger partial charge in [-0.1, -0.05) is 35.3 Å². The van der Waals surface area contributed by atoms with Gasteiger partial charge >= 0.3 is 0 Å². The number of aryl methyl sites for hydroxylation is 1. The molecule has 9 heteroatoms. The van der Waals surface area contributed by atoms with Gasteiger partial charge in [0, 0.05) is 10.0 Å². The number of methoxy groups -OCH3 is 1. The number of hydrogen-bond donors (Lipinski definition) is 2. The van der Waals surface area contributed by atoms with Crippen molar-refractivity contribution in [2.24, 2.45) is 0 Å². The standard InChI is InChI=1S/C18H17Cl2N5OS/c1-11-3-6-16(26-2)15(7-11)22-18(27)23-17-21-10-25(24-17)9-12-4-5-13(19)8-14(12)20/h3-8,10H,9H2,1-2H3,(H2,22,23,24,27). The molecule has 0 bridgehead atoms. The van der Waals surface area contributed by atoms with Crippen LogP contribution in [0.1, 0.15) is 11.1 Å². The van der Waals surface area contributed by atoms with Gasteiger partial charge < -0.3 is 10.1 Å². The second-order valence-electron chi connectivity index (χ2n) is 5.78. The van der Waals surface area contributed by atoms with Gasteiger partial charge in [-0.05, 0) is 54.5 Å². The Morgan fingerprint density at radius 1 is 1.19 bits per heavy atom. The van der Waals surface area contributed by atoms with Gasteiger partial charge in [0.05, 0.1) is 19.3 Å². The van der Waals surface area contributed by atoms with Gasteiger partial charge in [-0.2, -0.15) is 0 Å². The first kappa shape index (κ1) is 19.4. The van der Waals surface area contributed by atoms with Crippen LogP contribution in [0.15, 0.2) is 42.7 Å². The van der Waals surface area contributed by atoms with E-state index in [0.717, 1.165) is 16.8 Å². The molecule has 0 unspecified atom stereocenters. The van der Waals surface area contributed by atoms with Crippen molar-refractivity contribution < 1.29 is 4.74 Å². The van der Waals surface area contributed by atoms with Crippen LogP contribution in [0.2, 0.25) is 10.0 Å². The van der Waals surface area contributed by atoms with Crippen LogP contribution in [0.25, 0.3) is 0 Å². The summed E-state index contributed by atoms with van der Waals surface area (Å²) in [6.07, 6.45) is 1.60. The molecule has 2 N–H and O–H groups in total. The first-order chi connectivity index (χ1) is 12.9. The van der Waals surface area contributed by atoms with E-state index in [4.69, 9.17) is 40.2 Å². The van der Waals surface area contributed by atoms with Gasteiger partial charge in [0.25, 0.3) is 0 Å². The number of halogens is 2. The minimum absolute atomic E-state index is 0.362. The summed E-state index contributed by atoms with van der Waals surface area (Å²) in [5.41, 5.74) is 2.74. The molecule has 3 aromatic rings. The highest BCUT2D eigenvalue weighted by molar-refractivity contribution is 7.80. The Labute approximate surface area is 172 Å². The molecule has 0 atom stereocenters. The fourth-order valence-electron chi connectivity index (χ4n) is 2.43. The predicted octanol–water partition coefficient (Wildman–Crippen LogP) is 4.76. The van der Waals surface area contributed by atoms with E-state index in [1.54, 1.807) is 30.3 Å². The predicted molar refractivity (Wildman–Crippen MR) is 113 cm³/mol. The Balaban J connectivity index is 1.65. The summed E-state index contributed by atoms with van der Waals surface area (Å²) in [5.74, 6) is 1.07. The summed E-state index contributed by atoms with van der Waals surface area (Å²) in [6, 6.07) is 11.1. The molecule has 2 aromatic carbocycles. The SMILES string of the molecule is COc1ccc(C)cc1NC(=S)Nc1ncn(Cc2ccc(Cl)cc2Cl)n1. The lowest BCUT2D eigenvalue weighted by Crippen LogP contribution is -2.20. The number of nitrogens with one attached hydrogen (secondary N) is 2. The summed E-state index contributed by atoms with van der Waals surface area (Å²) in [6.45, 7) is 2.46. The Morgan fingerprint density at radius 3 is 2.74 bits per heavy atom. The molecule has 1 heterocycles. The second kappa shape index (κ2) is 8.56. The lowest BCUT2D eigenvalue weighted by atomic mass is 10.2. The van der Waals surface area contributed by atoms with Crippen molar-refractivity contribution >= 4 is 52.2 Å². The molecular formula is C18H17Cl2N5OS. The quantitative estimate of drug-likeness (QED) is 0.578. The van der Waals surface area contributed by atoms with Crippen molar-refractivity contribution in [2.75, 3.05) is 17.7 Å². The average Bonchev–Trinajstić information content (AvgIpc) is 3.04. The molecule has 0 radical (unpaired) electrons. The number of nitrogens with zero attached hydrogens (tertiary/aromatic N) is 3. The summed E-state index contributed by atoms with van der Waals surface area (Å²) < 4.78 is 6.99. The maximum atomic E-state index is 6.20. The normalized spacial score (nSPS) is 10.5. The van der Waals surface area contributed by atoms with Gasteiger partial charge in [0.15, 0.2) is 5.11 Å². The average molecular weight is 422 g/mol. The molecule has 0 aliphatic rings. The minimum atomic E-state index is 0.362. The lowest BCUT2D eigenvalue weighted by Gasteiger charge is -2.12. The zero-order valence-corrected chi connectivity index (χ0v) is 17.0. The van der Waals surface area contributed by atoms with E-state index in [1.807, 2.05) is 31.2 Å². The van der Waals surface area contributed by atoms with E-state index >= 15 is 0 Å². The first-order valence-electron chi connectivity index (χ1n) is 8.00. The van der Waals surface area contributed by atoms with Gasteiger partial charge in [0.1, 0.15) is 12.1 Å². The van der Waals surface area contributed by atoms with Crippen LogP contribution in [0, 0.1) is 6.92 Å². The molecule has 0 fully saturated rings. The van der Waals surface area contributed by atoms with Crippen molar-refractivity contribution in [3.63, 3.8) is 0 Å². The zero-order chi connectivity index (χ0) is 19.4. The Hall–Kier alpha value is -2.35. The van der Waals surface area contributed by atoms with Crippen LogP contribution < -0.4 is 15.4 Å². The maximum Gasteiger partial charge on any atom is 0.248 e. The van der Waals surface area contributed by atoms with Gasteiger partial charge in [-0.3, -0.25) is 5.32 Å². The van der Waals surface area contributed by atoms with Crippen LogP contribution in [0.3, 0.4) is 0 Å². The molecule has 0 saturated carbocycles. The topological polar surface area (TPSA) is 64.0 Å². The largest absolute Gasteiger partial charge is 0.495 e. The van der Waals surface area contributed by atoms with Gasteiger partial charge in [0.2, 0.25) is 5.95 Å². The van der Waals surface area contributed by atoms with Gasteiger partial charge in [-0.15, -0.1) is 5.10 Å². The highest BCUT2D eigenvalue weighted by Crippen LogP contribution is 2.25. The summed E-state index contributed by atoms with van der Waals surface area (Å²) >= 11 is 17.5. The molecule has 27 heavy (non-hydrogen) atoms. The number of aromatic nitrogens is 3. The van der Waals surface area contributed by atoms with E-state index in [1.165, 1.54) is 0 Å². The molecule has 3 rings (SSSR count). The van der Waals surface area contributed by atoms with E-state index < -0.39 is 0 Å². The first-order valence-corrected chi connectivity index (χ1v) is 9.17. The number of thiocarbonyl (C=S) groups is 1. The second-order valence-corrected chi connectivity index (χ2v) is 7.04. The Morgan fingerprint density at radius 2 is 2.00 bits per heavy atom. The number of benzene rings is 2. The highest BCUT2D eigenvalue weighted by Gasteiger charge is 2.09. The third-order valence-electron chi connectivity index (χ3n) is 3.71. The molecular weight excluding hydrogens is 405 g/mol. The van der Waals surface area contributed by atoms with Crippen LogP contribution >= 0.6 is 35.4 Å². The lowest BCUT2D eigenvalue weighted by molar-refractivity contribution is 0.417. The number of anilines is 2. The third kappa shape index (κ3) is 5.09.